The molecule has 8 fully saturated rings. The molecule has 25 N–H and O–H groups in total. The minimum atomic E-state index is -2.48. The van der Waals surface area contributed by atoms with Crippen molar-refractivity contribution in [3.63, 3.8) is 0 Å². The van der Waals surface area contributed by atoms with Gasteiger partial charge in [0.15, 0.2) is 50.3 Å². The molecule has 8 aliphatic heterocycles. The van der Waals surface area contributed by atoms with Crippen LogP contribution in [0.4, 0.5) is 0 Å². The van der Waals surface area contributed by atoms with Gasteiger partial charge in [0.05, 0.1) is 52.4 Å². The summed E-state index contributed by atoms with van der Waals surface area (Å²) in [5, 5.41) is 241. The Kier molecular flexibility index (Phi) is 29.3. The van der Waals surface area contributed by atoms with Crippen LogP contribution < -0.4 is 21.3 Å². The standard InChI is InChI=1S/C56H94N4O40/c1-13-29(69)39(79)42(82)53(89-13)88-12-24-46(37(77)25(49(85)90-24)57-14(2)65)97-52-28(60-17(5)68)38(78)45(21(9-64)94-52)98-55-44(84)47(99-56-48(41(81)32(72)20(8-63)93-56)100-51-27(59-16(4)67)36(76)31(71)19(7-62)92-51)34(74)23(96-55)11-87-54-43(83)40(80)33(73)22(95-54)10-86-50-26(58-15(3)66)35(75)30(70)18(6-61)91-50/h13,18-56,61-64,69-85H,6-12H2,1-5H3,(H,57,65)(H,58,66)(H,59,67)(H,60,68)/t13-,18-,19-,20-,21-,22-,23-,24-,25-,26-,27-,28-,29+,30-,31-,32-,33-,34-,35-,36-,37-,38-,39+,40+,41+,42-,43+,44+,45-,46-,47+,48+,49-,50-,51+,52+,53+,54+,55+,56-/m1/s1. The van der Waals surface area contributed by atoms with Crippen molar-refractivity contribution in [2.24, 2.45) is 0 Å². The second-order valence-electron chi connectivity index (χ2n) is 25.4. The van der Waals surface area contributed by atoms with E-state index in [-0.39, 0.29) is 0 Å². The first-order valence-corrected chi connectivity index (χ1v) is 32.0. The lowest BCUT2D eigenvalue weighted by Crippen LogP contribution is -2.70. The summed E-state index contributed by atoms with van der Waals surface area (Å²) in [6.07, 6.45) is -70.7. The van der Waals surface area contributed by atoms with Gasteiger partial charge in [-0.1, -0.05) is 0 Å². The third-order valence-corrected chi connectivity index (χ3v) is 18.2. The summed E-state index contributed by atoms with van der Waals surface area (Å²) in [6, 6.07) is -6.89. The fraction of sp³-hybridized carbons (Fsp3) is 0.929. The number of aliphatic hydroxyl groups is 21. The first-order chi connectivity index (χ1) is 47.2. The molecule has 44 nitrogen and oxygen atoms in total. The van der Waals surface area contributed by atoms with E-state index in [0.717, 1.165) is 27.7 Å². The number of ether oxygens (including phenoxy) is 15. The average Bonchev–Trinajstić information content (AvgIpc) is 0.769. The van der Waals surface area contributed by atoms with Crippen LogP contribution in [0, 0.1) is 0 Å². The number of rotatable bonds is 25. The molecule has 40 atom stereocenters. The van der Waals surface area contributed by atoms with Gasteiger partial charge in [0.1, 0.15) is 189 Å². The number of carbonyl (C=O) groups excluding carboxylic acids is 4. The Bertz CT molecular complexity index is 2620. The van der Waals surface area contributed by atoms with E-state index in [1.807, 2.05) is 0 Å². The highest BCUT2D eigenvalue weighted by molar-refractivity contribution is 5.74. The van der Waals surface area contributed by atoms with Gasteiger partial charge in [0.25, 0.3) is 0 Å². The lowest BCUT2D eigenvalue weighted by atomic mass is 9.93. The van der Waals surface area contributed by atoms with E-state index in [1.54, 1.807) is 0 Å². The molecule has 0 aromatic heterocycles. The highest BCUT2D eigenvalue weighted by Crippen LogP contribution is 2.38. The normalized spacial score (nSPS) is 48.7. The van der Waals surface area contributed by atoms with E-state index in [9.17, 15) is 126 Å². The zero-order chi connectivity index (χ0) is 73.8. The fourth-order valence-corrected chi connectivity index (χ4v) is 12.7. The molecule has 44 heteroatoms. The van der Waals surface area contributed by atoms with Gasteiger partial charge in [-0.2, -0.15) is 0 Å². The zero-order valence-corrected chi connectivity index (χ0v) is 54.2. The summed E-state index contributed by atoms with van der Waals surface area (Å²) >= 11 is 0. The minimum Gasteiger partial charge on any atom is -0.394 e. The maximum atomic E-state index is 13.1. The first-order valence-electron chi connectivity index (χ1n) is 32.0. The second-order valence-corrected chi connectivity index (χ2v) is 25.4. The van der Waals surface area contributed by atoms with Crippen LogP contribution >= 0.6 is 0 Å². The fourth-order valence-electron chi connectivity index (χ4n) is 12.7. The van der Waals surface area contributed by atoms with Gasteiger partial charge in [-0.15, -0.1) is 0 Å². The summed E-state index contributed by atoms with van der Waals surface area (Å²) in [6.45, 7) is -1.49. The van der Waals surface area contributed by atoms with Crippen molar-refractivity contribution in [2.75, 3.05) is 46.2 Å². The second kappa shape index (κ2) is 35.7. The average molecular weight is 1460 g/mol. The van der Waals surface area contributed by atoms with Gasteiger partial charge >= 0.3 is 0 Å². The predicted octanol–water partition coefficient (Wildman–Crippen LogP) is -16.8. The molecule has 0 bridgehead atoms. The molecule has 8 aliphatic rings. The van der Waals surface area contributed by atoms with Crippen molar-refractivity contribution in [1.82, 2.24) is 21.3 Å². The molecule has 100 heavy (non-hydrogen) atoms. The lowest BCUT2D eigenvalue weighted by Gasteiger charge is -2.51. The molecule has 0 unspecified atom stereocenters. The smallest absolute Gasteiger partial charge is 0.217 e. The lowest BCUT2D eigenvalue weighted by molar-refractivity contribution is -0.394. The first kappa shape index (κ1) is 82.1. The Labute approximate surface area is 567 Å². The Hall–Kier alpha value is -3.56. The van der Waals surface area contributed by atoms with Crippen LogP contribution in [0.1, 0.15) is 34.6 Å². The molecule has 0 spiro atoms. The van der Waals surface area contributed by atoms with Crippen LogP contribution in [-0.2, 0) is 90.2 Å². The van der Waals surface area contributed by atoms with Crippen molar-refractivity contribution in [2.45, 2.75) is 280 Å². The Morgan fingerprint density at radius 3 is 1.14 bits per heavy atom. The summed E-state index contributed by atoms with van der Waals surface area (Å²) in [5.41, 5.74) is 0. The molecule has 578 valence electrons. The van der Waals surface area contributed by atoms with E-state index in [0.29, 0.717) is 0 Å². The summed E-state index contributed by atoms with van der Waals surface area (Å²) < 4.78 is 88.1. The highest BCUT2D eigenvalue weighted by atomic mass is 16.8. The summed E-state index contributed by atoms with van der Waals surface area (Å²) in [7, 11) is 0. The molecule has 8 heterocycles. The van der Waals surface area contributed by atoms with E-state index in [1.165, 1.54) is 6.92 Å². The Morgan fingerprint density at radius 1 is 0.280 bits per heavy atom. The molecule has 0 aromatic carbocycles. The molecule has 8 rings (SSSR count). The van der Waals surface area contributed by atoms with E-state index in [4.69, 9.17) is 71.1 Å². The maximum Gasteiger partial charge on any atom is 0.217 e. The maximum absolute atomic E-state index is 13.1. The van der Waals surface area contributed by atoms with E-state index >= 15 is 0 Å². The van der Waals surface area contributed by atoms with Crippen molar-refractivity contribution >= 4 is 23.6 Å². The third-order valence-electron chi connectivity index (χ3n) is 18.2. The largest absolute Gasteiger partial charge is 0.394 e. The molecule has 8 saturated heterocycles. The van der Waals surface area contributed by atoms with Gasteiger partial charge in [-0.05, 0) is 6.92 Å². The van der Waals surface area contributed by atoms with Gasteiger partial charge < -0.3 is 200 Å². The van der Waals surface area contributed by atoms with Crippen LogP contribution in [0.15, 0.2) is 0 Å². The highest BCUT2D eigenvalue weighted by Gasteiger charge is 2.59. The van der Waals surface area contributed by atoms with Gasteiger partial charge in [0.2, 0.25) is 23.6 Å². The number of hydrogen-bond donors (Lipinski definition) is 25. The molecule has 0 saturated carbocycles. The monoisotopic (exact) mass is 1460 g/mol. The van der Waals surface area contributed by atoms with Gasteiger partial charge in [-0.3, -0.25) is 19.2 Å². The van der Waals surface area contributed by atoms with Crippen LogP contribution in [0.5, 0.6) is 0 Å². The Balaban J connectivity index is 1.10. The molecule has 0 radical (unpaired) electrons. The van der Waals surface area contributed by atoms with Crippen LogP contribution in [-0.4, -0.2) is 423 Å². The van der Waals surface area contributed by atoms with Crippen LogP contribution in [0.25, 0.3) is 0 Å². The SMILES string of the molecule is CC(=O)N[C@@H]1[C@@H](O)[C@H](O[C@@H]2O[C@H](CO)[C@@H](O[C@@H]3O[C@H](CO[C@H]4O[C@H](CO[C@@H]5O[C@H](CO)[C@@H](O)[C@H](O)[C@H]5NC(C)=O)[C@@H](O)[C@H](O)[C@@H]4O)[C@@H](O)[C@H](O[C@H]4O[C@H](CO)[C@@H](O)[C@H](O)[C@@H]4O[C@@H]4O[C@H](CO)[C@@H](O)[C@H](O)[C@H]4NC(C)=O)[C@@H]3O)[C@H](O)[C@H]2NC(C)=O)[C@@H](CO[C@H]2O[C@H](C)[C@H](O)[C@H](O)[C@H]2O)O[C@H]1O. The topological polar surface area (TPSA) is 680 Å². The molecular weight excluding hydrogens is 1370 g/mol. The molecule has 0 aliphatic carbocycles. The molecular formula is C56H94N4O40. The summed E-state index contributed by atoms with van der Waals surface area (Å²) in [4.78, 5) is 49.9. The van der Waals surface area contributed by atoms with E-state index in [2.05, 4.69) is 21.3 Å². The molecule has 4 amide bonds. The van der Waals surface area contributed by atoms with Crippen LogP contribution in [0.3, 0.4) is 0 Å². The van der Waals surface area contributed by atoms with Crippen LogP contribution in [0.2, 0.25) is 0 Å². The Morgan fingerprint density at radius 2 is 0.620 bits per heavy atom. The number of carbonyl (C=O) groups is 4. The van der Waals surface area contributed by atoms with Gasteiger partial charge in [0, 0.05) is 27.7 Å². The van der Waals surface area contributed by atoms with Gasteiger partial charge in [-0.25, -0.2) is 0 Å². The number of hydrogen-bond acceptors (Lipinski definition) is 40. The summed E-state index contributed by atoms with van der Waals surface area (Å²) in [5.74, 6) is -3.32. The third kappa shape index (κ3) is 18.4. The zero-order valence-electron chi connectivity index (χ0n) is 54.2. The molecule has 0 aromatic rings. The van der Waals surface area contributed by atoms with Crippen molar-refractivity contribution in [3.8, 4) is 0 Å². The van der Waals surface area contributed by atoms with Crippen molar-refractivity contribution < 1.29 is 197 Å². The number of amides is 4. The minimum absolute atomic E-state index is 0.737. The predicted molar refractivity (Wildman–Crippen MR) is 309 cm³/mol. The van der Waals surface area contributed by atoms with Crippen molar-refractivity contribution in [3.05, 3.63) is 0 Å². The quantitative estimate of drug-likeness (QED) is 0.0404. The number of aliphatic hydroxyl groups excluding tert-OH is 21. The van der Waals surface area contributed by atoms with Crippen molar-refractivity contribution in [1.29, 1.82) is 0 Å². The van der Waals surface area contributed by atoms with E-state index < -0.39 is 315 Å². The number of nitrogens with one attached hydrogen (secondary N) is 4.